The summed E-state index contributed by atoms with van der Waals surface area (Å²) in [7, 11) is 0. The molecule has 0 aromatic heterocycles. The molecule has 0 atom stereocenters. The average molecular weight is 427 g/mol. The topological polar surface area (TPSA) is 0 Å². The van der Waals surface area contributed by atoms with Crippen molar-refractivity contribution in [2.75, 3.05) is 0 Å². The van der Waals surface area contributed by atoms with Crippen LogP contribution in [0.25, 0.3) is 0 Å². The van der Waals surface area contributed by atoms with Gasteiger partial charge in [-0.05, 0) is 78.9 Å². The van der Waals surface area contributed by atoms with Crippen LogP contribution in [-0.4, -0.2) is 0 Å². The average Bonchev–Trinajstić information content (AvgIpc) is 2.80. The molecular formula is C30H28F2. The van der Waals surface area contributed by atoms with E-state index in [-0.39, 0.29) is 11.6 Å². The zero-order chi connectivity index (χ0) is 22.8. The van der Waals surface area contributed by atoms with Crippen molar-refractivity contribution in [3.8, 4) is 23.7 Å². The lowest BCUT2D eigenvalue weighted by Gasteiger charge is -2.03. The minimum absolute atomic E-state index is 0.183. The van der Waals surface area contributed by atoms with Crippen molar-refractivity contribution >= 4 is 0 Å². The van der Waals surface area contributed by atoms with Gasteiger partial charge in [-0.15, -0.1) is 0 Å². The lowest BCUT2D eigenvalue weighted by atomic mass is 10.0. The maximum atomic E-state index is 14.3. The minimum atomic E-state index is -0.199. The van der Waals surface area contributed by atoms with Crippen molar-refractivity contribution in [2.24, 2.45) is 0 Å². The van der Waals surface area contributed by atoms with E-state index in [1.807, 2.05) is 55.5 Å². The maximum absolute atomic E-state index is 14.3. The Bertz CT molecular complexity index is 1170. The Balaban J connectivity index is 1.65. The minimum Gasteiger partial charge on any atom is -0.207 e. The highest BCUT2D eigenvalue weighted by Gasteiger charge is 2.03. The molecule has 0 heterocycles. The summed E-state index contributed by atoms with van der Waals surface area (Å²) in [6.45, 7) is 4.17. The van der Waals surface area contributed by atoms with E-state index in [1.54, 1.807) is 0 Å². The molecule has 162 valence electrons. The standard InChI is InChI=1S/C30H28F2/c1-3-5-6-8-28-20-18-26(22-30(28)32)16-14-24-11-9-23(10-12-24)13-15-25-17-19-27(7-4-2)29(31)21-25/h9-12,17-22H,3-8H2,1-2H3. The van der Waals surface area contributed by atoms with Crippen LogP contribution >= 0.6 is 0 Å². The first-order chi connectivity index (χ1) is 15.6. The summed E-state index contributed by atoms with van der Waals surface area (Å²) in [6, 6.07) is 17.9. The molecule has 0 aliphatic carbocycles. The summed E-state index contributed by atoms with van der Waals surface area (Å²) in [5.41, 5.74) is 4.47. The third kappa shape index (κ3) is 6.83. The Kier molecular flexibility index (Phi) is 8.65. The first-order valence-electron chi connectivity index (χ1n) is 11.3. The zero-order valence-corrected chi connectivity index (χ0v) is 18.8. The van der Waals surface area contributed by atoms with Crippen LogP contribution in [0.5, 0.6) is 0 Å². The molecule has 0 unspecified atom stereocenters. The second-order valence-corrected chi connectivity index (χ2v) is 7.90. The fraction of sp³-hybridized carbons (Fsp3) is 0.267. The summed E-state index contributed by atoms with van der Waals surface area (Å²) < 4.78 is 28.3. The summed E-state index contributed by atoms with van der Waals surface area (Å²) in [5, 5.41) is 0. The van der Waals surface area contributed by atoms with E-state index in [4.69, 9.17) is 0 Å². The predicted molar refractivity (Wildman–Crippen MR) is 128 cm³/mol. The molecule has 0 aliphatic rings. The number of rotatable bonds is 6. The fourth-order valence-corrected chi connectivity index (χ4v) is 3.42. The van der Waals surface area contributed by atoms with E-state index >= 15 is 0 Å². The largest absolute Gasteiger partial charge is 0.207 e. The number of halogens is 2. The Morgan fingerprint density at radius 2 is 0.969 bits per heavy atom. The number of unbranched alkanes of at least 4 members (excludes halogenated alkanes) is 2. The van der Waals surface area contributed by atoms with Gasteiger partial charge in [-0.3, -0.25) is 0 Å². The van der Waals surface area contributed by atoms with Crippen LogP contribution < -0.4 is 0 Å². The molecule has 2 heteroatoms. The van der Waals surface area contributed by atoms with E-state index in [2.05, 4.69) is 30.6 Å². The van der Waals surface area contributed by atoms with Crippen LogP contribution in [0, 0.1) is 35.3 Å². The van der Waals surface area contributed by atoms with Crippen LogP contribution in [-0.2, 0) is 12.8 Å². The Morgan fingerprint density at radius 3 is 1.41 bits per heavy atom. The quantitative estimate of drug-likeness (QED) is 0.284. The van der Waals surface area contributed by atoms with Gasteiger partial charge in [0.1, 0.15) is 11.6 Å². The van der Waals surface area contributed by atoms with Gasteiger partial charge in [0, 0.05) is 22.3 Å². The molecule has 0 bridgehead atoms. The van der Waals surface area contributed by atoms with Crippen molar-refractivity contribution in [3.05, 3.63) is 106 Å². The van der Waals surface area contributed by atoms with Gasteiger partial charge in [-0.1, -0.05) is 68.9 Å². The van der Waals surface area contributed by atoms with Crippen LogP contribution in [0.1, 0.15) is 72.9 Å². The van der Waals surface area contributed by atoms with Crippen molar-refractivity contribution in [1.82, 2.24) is 0 Å². The van der Waals surface area contributed by atoms with E-state index in [0.717, 1.165) is 60.8 Å². The van der Waals surface area contributed by atoms with Gasteiger partial charge in [-0.25, -0.2) is 8.78 Å². The molecule has 0 saturated carbocycles. The van der Waals surface area contributed by atoms with Gasteiger partial charge < -0.3 is 0 Å². The van der Waals surface area contributed by atoms with Gasteiger partial charge in [0.05, 0.1) is 0 Å². The summed E-state index contributed by atoms with van der Waals surface area (Å²) in [6.07, 6.45) is 5.66. The highest BCUT2D eigenvalue weighted by Crippen LogP contribution is 2.14. The number of hydrogen-bond donors (Lipinski definition) is 0. The molecule has 3 aromatic rings. The van der Waals surface area contributed by atoms with Gasteiger partial charge >= 0.3 is 0 Å². The molecule has 3 rings (SSSR count). The molecule has 0 aliphatic heterocycles. The highest BCUT2D eigenvalue weighted by molar-refractivity contribution is 5.48. The first-order valence-corrected chi connectivity index (χ1v) is 11.3. The Hall–Kier alpha value is -3.36. The normalized spacial score (nSPS) is 10.1. The van der Waals surface area contributed by atoms with Gasteiger partial charge in [-0.2, -0.15) is 0 Å². The van der Waals surface area contributed by atoms with Crippen molar-refractivity contribution in [3.63, 3.8) is 0 Å². The highest BCUT2D eigenvalue weighted by atomic mass is 19.1. The molecule has 0 saturated heterocycles. The monoisotopic (exact) mass is 426 g/mol. The number of hydrogen-bond acceptors (Lipinski definition) is 0. The van der Waals surface area contributed by atoms with E-state index in [0.29, 0.717) is 11.1 Å². The summed E-state index contributed by atoms with van der Waals surface area (Å²) in [5.74, 6) is 11.8. The predicted octanol–water partition coefficient (Wildman–Crippen LogP) is 7.45. The smallest absolute Gasteiger partial charge is 0.127 e. The van der Waals surface area contributed by atoms with Crippen molar-refractivity contribution < 1.29 is 8.78 Å². The lowest BCUT2D eigenvalue weighted by molar-refractivity contribution is 0.598. The molecule has 0 radical (unpaired) electrons. The van der Waals surface area contributed by atoms with Crippen LogP contribution in [0.2, 0.25) is 0 Å². The molecule has 0 amide bonds. The molecule has 0 nitrogen and oxygen atoms in total. The molecule has 3 aromatic carbocycles. The molecule has 0 fully saturated rings. The van der Waals surface area contributed by atoms with Crippen LogP contribution in [0.15, 0.2) is 60.7 Å². The molecule has 0 N–H and O–H groups in total. The third-order valence-corrected chi connectivity index (χ3v) is 5.26. The van der Waals surface area contributed by atoms with E-state index < -0.39 is 0 Å². The van der Waals surface area contributed by atoms with Gasteiger partial charge in [0.2, 0.25) is 0 Å². The second-order valence-electron chi connectivity index (χ2n) is 7.90. The third-order valence-electron chi connectivity index (χ3n) is 5.26. The number of benzene rings is 3. The Labute approximate surface area is 190 Å². The fourth-order valence-electron chi connectivity index (χ4n) is 3.42. The van der Waals surface area contributed by atoms with E-state index in [9.17, 15) is 8.78 Å². The van der Waals surface area contributed by atoms with Crippen LogP contribution in [0.3, 0.4) is 0 Å². The molecular weight excluding hydrogens is 398 g/mol. The van der Waals surface area contributed by atoms with Crippen LogP contribution in [0.4, 0.5) is 8.78 Å². The van der Waals surface area contributed by atoms with Crippen molar-refractivity contribution in [1.29, 1.82) is 0 Å². The second kappa shape index (κ2) is 11.9. The van der Waals surface area contributed by atoms with Crippen molar-refractivity contribution in [2.45, 2.75) is 52.4 Å². The Morgan fingerprint density at radius 1 is 0.531 bits per heavy atom. The first kappa shape index (κ1) is 23.3. The van der Waals surface area contributed by atoms with Gasteiger partial charge in [0.15, 0.2) is 0 Å². The van der Waals surface area contributed by atoms with E-state index in [1.165, 1.54) is 12.1 Å². The number of aryl methyl sites for hydroxylation is 2. The lowest BCUT2D eigenvalue weighted by Crippen LogP contribution is -1.92. The maximum Gasteiger partial charge on any atom is 0.127 e. The SMILES string of the molecule is CCCCCc1ccc(C#Cc2ccc(C#Cc3ccc(CCC)c(F)c3)cc2)cc1F. The summed E-state index contributed by atoms with van der Waals surface area (Å²) in [4.78, 5) is 0. The molecule has 0 spiro atoms. The zero-order valence-electron chi connectivity index (χ0n) is 18.8. The summed E-state index contributed by atoms with van der Waals surface area (Å²) >= 11 is 0. The molecule has 32 heavy (non-hydrogen) atoms. The van der Waals surface area contributed by atoms with Gasteiger partial charge in [0.25, 0.3) is 0 Å².